The van der Waals surface area contributed by atoms with E-state index < -0.39 is 0 Å². The number of hydrogen-bond donors (Lipinski definition) is 0. The number of para-hydroxylation sites is 1. The summed E-state index contributed by atoms with van der Waals surface area (Å²) in [5.41, 5.74) is 1.27. The summed E-state index contributed by atoms with van der Waals surface area (Å²) >= 11 is 1.69. The van der Waals surface area contributed by atoms with Gasteiger partial charge in [-0.05, 0) is 42.9 Å². The van der Waals surface area contributed by atoms with Crippen molar-refractivity contribution in [2.24, 2.45) is 5.92 Å². The molecule has 0 aliphatic carbocycles. The Balaban J connectivity index is 1.55. The predicted octanol–water partition coefficient (Wildman–Crippen LogP) is 3.74. The molecule has 1 fully saturated rings. The fraction of sp³-hybridized carbons (Fsp3) is 0.421. The molecule has 24 heavy (non-hydrogen) atoms. The maximum Gasteiger partial charge on any atom is 0.289 e. The minimum Gasteiger partial charge on any atom is -0.455 e. The Morgan fingerprint density at radius 2 is 2.08 bits per heavy atom. The molecule has 1 saturated heterocycles. The molecule has 1 aromatic carbocycles. The Bertz CT molecular complexity index is 671. The van der Waals surface area contributed by atoms with Gasteiger partial charge in [0.2, 0.25) is 0 Å². The van der Waals surface area contributed by atoms with Gasteiger partial charge in [-0.25, -0.2) is 0 Å². The highest BCUT2D eigenvalue weighted by Gasteiger charge is 2.26. The van der Waals surface area contributed by atoms with E-state index in [0.717, 1.165) is 37.6 Å². The first-order chi connectivity index (χ1) is 11.7. The number of thioether (sulfide) groups is 1. The first kappa shape index (κ1) is 17.0. The molecule has 128 valence electrons. The Morgan fingerprint density at radius 3 is 2.83 bits per heavy atom. The maximum absolute atomic E-state index is 12.5. The highest BCUT2D eigenvalue weighted by atomic mass is 32.2. The number of hydrogen-bond acceptors (Lipinski definition) is 4. The van der Waals surface area contributed by atoms with E-state index in [2.05, 4.69) is 29.2 Å². The van der Waals surface area contributed by atoms with E-state index in [0.29, 0.717) is 11.7 Å². The van der Waals surface area contributed by atoms with Crippen LogP contribution >= 0.6 is 11.8 Å². The van der Waals surface area contributed by atoms with Gasteiger partial charge in [-0.3, -0.25) is 4.79 Å². The van der Waals surface area contributed by atoms with Crippen LogP contribution in [-0.2, 0) is 5.75 Å². The van der Waals surface area contributed by atoms with Crippen molar-refractivity contribution < 1.29 is 9.21 Å². The van der Waals surface area contributed by atoms with E-state index in [1.807, 2.05) is 25.4 Å². The van der Waals surface area contributed by atoms with Gasteiger partial charge in [-0.15, -0.1) is 0 Å². The SMILES string of the molecule is CSCc1ccc(C(=O)N(C)C[C@@H]2CCN(c3ccccc3)C2)o1. The van der Waals surface area contributed by atoms with Crippen LogP contribution in [0.2, 0.25) is 0 Å². The summed E-state index contributed by atoms with van der Waals surface area (Å²) < 4.78 is 5.64. The van der Waals surface area contributed by atoms with Gasteiger partial charge in [0.05, 0.1) is 5.75 Å². The molecule has 1 atom stereocenters. The van der Waals surface area contributed by atoms with Crippen LogP contribution in [0.4, 0.5) is 5.69 Å². The topological polar surface area (TPSA) is 36.7 Å². The molecule has 0 N–H and O–H groups in total. The lowest BCUT2D eigenvalue weighted by Gasteiger charge is -2.22. The molecule has 2 aromatic rings. The van der Waals surface area contributed by atoms with Crippen LogP contribution in [0.3, 0.4) is 0 Å². The third-order valence-corrected chi connectivity index (χ3v) is 5.02. The molecule has 3 rings (SSSR count). The van der Waals surface area contributed by atoms with Gasteiger partial charge in [-0.2, -0.15) is 11.8 Å². The molecule has 0 radical (unpaired) electrons. The summed E-state index contributed by atoms with van der Waals surface area (Å²) in [6.07, 6.45) is 3.14. The first-order valence-corrected chi connectivity index (χ1v) is 9.70. The molecule has 2 heterocycles. The Labute approximate surface area is 147 Å². The average Bonchev–Trinajstić information content (AvgIpc) is 3.25. The minimum atomic E-state index is -0.0273. The van der Waals surface area contributed by atoms with Crippen molar-refractivity contribution in [1.29, 1.82) is 0 Å². The van der Waals surface area contributed by atoms with Crippen LogP contribution in [0.5, 0.6) is 0 Å². The highest BCUT2D eigenvalue weighted by Crippen LogP contribution is 2.24. The number of furan rings is 1. The summed E-state index contributed by atoms with van der Waals surface area (Å²) in [5.74, 6) is 2.57. The lowest BCUT2D eigenvalue weighted by atomic mass is 10.1. The summed E-state index contributed by atoms with van der Waals surface area (Å²) in [4.78, 5) is 16.7. The zero-order valence-corrected chi connectivity index (χ0v) is 15.1. The van der Waals surface area contributed by atoms with Crippen molar-refractivity contribution >= 4 is 23.4 Å². The van der Waals surface area contributed by atoms with Crippen molar-refractivity contribution in [3.8, 4) is 0 Å². The number of amides is 1. The summed E-state index contributed by atoms with van der Waals surface area (Å²) in [6.45, 7) is 2.81. The molecule has 4 nitrogen and oxygen atoms in total. The zero-order valence-electron chi connectivity index (χ0n) is 14.3. The minimum absolute atomic E-state index is 0.0273. The standard InChI is InChI=1S/C19H24N2O2S/c1-20(19(22)18-9-8-17(23-18)14-24-2)12-15-10-11-21(13-15)16-6-4-3-5-7-16/h3-9,15H,10-14H2,1-2H3/t15-/m0/s1. The first-order valence-electron chi connectivity index (χ1n) is 8.30. The van der Waals surface area contributed by atoms with E-state index >= 15 is 0 Å². The maximum atomic E-state index is 12.5. The van der Waals surface area contributed by atoms with Crippen LogP contribution in [0.15, 0.2) is 46.9 Å². The second-order valence-electron chi connectivity index (χ2n) is 6.32. The molecule has 0 saturated carbocycles. The van der Waals surface area contributed by atoms with Gasteiger partial charge < -0.3 is 14.2 Å². The molecule has 1 aliphatic rings. The number of anilines is 1. The molecule has 0 bridgehead atoms. The van der Waals surface area contributed by atoms with Gasteiger partial charge in [0.25, 0.3) is 5.91 Å². The van der Waals surface area contributed by atoms with Crippen molar-refractivity contribution in [3.63, 3.8) is 0 Å². The van der Waals surface area contributed by atoms with Crippen LogP contribution in [0.1, 0.15) is 22.7 Å². The zero-order chi connectivity index (χ0) is 16.9. The van der Waals surface area contributed by atoms with Crippen molar-refractivity contribution in [2.75, 3.05) is 37.8 Å². The fourth-order valence-corrected chi connectivity index (χ4v) is 3.67. The monoisotopic (exact) mass is 344 g/mol. The van der Waals surface area contributed by atoms with E-state index in [-0.39, 0.29) is 5.91 Å². The van der Waals surface area contributed by atoms with Gasteiger partial charge >= 0.3 is 0 Å². The second-order valence-corrected chi connectivity index (χ2v) is 7.19. The summed E-state index contributed by atoms with van der Waals surface area (Å²) in [7, 11) is 1.87. The van der Waals surface area contributed by atoms with Crippen LogP contribution in [0, 0.1) is 5.92 Å². The van der Waals surface area contributed by atoms with E-state index in [1.165, 1.54) is 5.69 Å². The van der Waals surface area contributed by atoms with E-state index in [4.69, 9.17) is 4.42 Å². The highest BCUT2D eigenvalue weighted by molar-refractivity contribution is 7.97. The quantitative estimate of drug-likeness (QED) is 0.800. The molecular weight excluding hydrogens is 320 g/mol. The van der Waals surface area contributed by atoms with Crippen LogP contribution in [0.25, 0.3) is 0 Å². The Morgan fingerprint density at radius 1 is 1.29 bits per heavy atom. The molecule has 1 amide bonds. The van der Waals surface area contributed by atoms with E-state index in [9.17, 15) is 4.79 Å². The molecule has 0 spiro atoms. The molecule has 5 heteroatoms. The van der Waals surface area contributed by atoms with Crippen LogP contribution < -0.4 is 4.90 Å². The summed E-state index contributed by atoms with van der Waals surface area (Å²) in [6, 6.07) is 14.2. The number of carbonyl (C=O) groups excluding carboxylic acids is 1. The smallest absolute Gasteiger partial charge is 0.289 e. The predicted molar refractivity (Wildman–Crippen MR) is 99.6 cm³/mol. The van der Waals surface area contributed by atoms with Crippen LogP contribution in [-0.4, -0.2) is 43.7 Å². The lowest BCUT2D eigenvalue weighted by Crippen LogP contribution is -2.33. The largest absolute Gasteiger partial charge is 0.455 e. The third kappa shape index (κ3) is 3.96. The van der Waals surface area contributed by atoms with Crippen molar-refractivity contribution in [3.05, 3.63) is 54.0 Å². The van der Waals surface area contributed by atoms with Crippen molar-refractivity contribution in [1.82, 2.24) is 4.90 Å². The number of nitrogens with zero attached hydrogens (tertiary/aromatic N) is 2. The summed E-state index contributed by atoms with van der Waals surface area (Å²) in [5, 5.41) is 0. The van der Waals surface area contributed by atoms with Gasteiger partial charge in [-0.1, -0.05) is 18.2 Å². The van der Waals surface area contributed by atoms with Gasteiger partial charge in [0.1, 0.15) is 5.76 Å². The fourth-order valence-electron chi connectivity index (χ4n) is 3.23. The third-order valence-electron chi connectivity index (χ3n) is 4.44. The number of rotatable bonds is 6. The normalized spacial score (nSPS) is 17.2. The molecule has 1 aliphatic heterocycles. The molecule has 0 unspecified atom stereocenters. The lowest BCUT2D eigenvalue weighted by molar-refractivity contribution is 0.0743. The molecular formula is C19H24N2O2S. The van der Waals surface area contributed by atoms with E-state index in [1.54, 1.807) is 22.7 Å². The Kier molecular flexibility index (Phi) is 5.51. The molecule has 1 aromatic heterocycles. The van der Waals surface area contributed by atoms with Crippen molar-refractivity contribution in [2.45, 2.75) is 12.2 Å². The second kappa shape index (κ2) is 7.79. The van der Waals surface area contributed by atoms with Gasteiger partial charge in [0, 0.05) is 32.4 Å². The average molecular weight is 344 g/mol. The van der Waals surface area contributed by atoms with Gasteiger partial charge in [0.15, 0.2) is 5.76 Å². The number of carbonyl (C=O) groups is 1. The Hall–Kier alpha value is -1.88. The number of benzene rings is 1.